The Morgan fingerprint density at radius 2 is 2.25 bits per heavy atom. The Bertz CT molecular complexity index is 392. The van der Waals surface area contributed by atoms with Gasteiger partial charge in [0.2, 0.25) is 0 Å². The summed E-state index contributed by atoms with van der Waals surface area (Å²) in [5, 5.41) is 8.23. The second-order valence-electron chi connectivity index (χ2n) is 3.33. The van der Waals surface area contributed by atoms with Crippen molar-refractivity contribution in [3.8, 4) is 0 Å². The molecule has 2 aromatic heterocycles. The number of aromatic amines is 1. The van der Waals surface area contributed by atoms with E-state index in [4.69, 9.17) is 0 Å². The fourth-order valence-electron chi connectivity index (χ4n) is 1.49. The molecule has 0 fully saturated rings. The van der Waals surface area contributed by atoms with Crippen molar-refractivity contribution in [2.24, 2.45) is 0 Å². The molecule has 0 amide bonds. The van der Waals surface area contributed by atoms with Crippen LogP contribution >= 0.6 is 0 Å². The van der Waals surface area contributed by atoms with Gasteiger partial charge in [-0.25, -0.2) is 0 Å². The minimum absolute atomic E-state index is 0.561. The number of nitrogens with zero attached hydrogens (tertiary/aromatic N) is 1. The predicted molar refractivity (Wildman–Crippen MR) is 51.5 cm³/mol. The van der Waals surface area contributed by atoms with Gasteiger partial charge in [-0.3, -0.25) is 0 Å². The molecular formula is C9H11BN2. The standard InChI is InChI=1S/C9H11BN2/c1-6(2)7-3-10-4-9-8(7)5-11-12-9/h3-6H,1-2H3,(H,11,12). The van der Waals surface area contributed by atoms with Crippen LogP contribution in [0.3, 0.4) is 0 Å². The predicted octanol–water partition coefficient (Wildman–Crippen LogP) is 2.02. The van der Waals surface area contributed by atoms with Crippen LogP contribution in [0.15, 0.2) is 18.1 Å². The van der Waals surface area contributed by atoms with E-state index in [1.54, 1.807) is 0 Å². The van der Waals surface area contributed by atoms with E-state index in [0.717, 1.165) is 5.52 Å². The van der Waals surface area contributed by atoms with Crippen molar-refractivity contribution >= 4 is 17.8 Å². The molecule has 3 heteroatoms. The number of rotatable bonds is 1. The molecule has 2 nitrogen and oxygen atoms in total. The molecule has 1 N–H and O–H groups in total. The first kappa shape index (κ1) is 7.53. The average Bonchev–Trinajstić information content (AvgIpc) is 2.49. The summed E-state index contributed by atoms with van der Waals surface area (Å²) in [7, 11) is 0. The normalized spacial score (nSPS) is 10.9. The first-order valence-corrected chi connectivity index (χ1v) is 4.21. The zero-order chi connectivity index (χ0) is 8.55. The number of H-pyrrole nitrogens is 1. The van der Waals surface area contributed by atoms with Gasteiger partial charge < -0.3 is 0 Å². The van der Waals surface area contributed by atoms with Crippen LogP contribution < -0.4 is 0 Å². The van der Waals surface area contributed by atoms with Crippen LogP contribution in [0.5, 0.6) is 0 Å². The zero-order valence-electron chi connectivity index (χ0n) is 7.33. The molecule has 0 aromatic carbocycles. The Hall–Kier alpha value is -1.12. The summed E-state index contributed by atoms with van der Waals surface area (Å²) < 4.78 is 0. The molecule has 0 radical (unpaired) electrons. The summed E-state index contributed by atoms with van der Waals surface area (Å²) in [6.07, 6.45) is 1.89. The molecule has 2 rings (SSSR count). The number of hydrogen-bond acceptors (Lipinski definition) is 1. The third kappa shape index (κ3) is 1.05. The average molecular weight is 158 g/mol. The Morgan fingerprint density at radius 1 is 1.42 bits per heavy atom. The third-order valence-corrected chi connectivity index (χ3v) is 2.14. The Morgan fingerprint density at radius 3 is 3.00 bits per heavy atom. The van der Waals surface area contributed by atoms with E-state index >= 15 is 0 Å². The quantitative estimate of drug-likeness (QED) is 0.675. The van der Waals surface area contributed by atoms with Crippen LogP contribution in [-0.2, 0) is 0 Å². The molecule has 2 heterocycles. The van der Waals surface area contributed by atoms with Crippen LogP contribution in [0.2, 0.25) is 0 Å². The van der Waals surface area contributed by atoms with Gasteiger partial charge in [-0.2, -0.15) is 0 Å². The fourth-order valence-corrected chi connectivity index (χ4v) is 1.49. The molecule has 0 atom stereocenters. The van der Waals surface area contributed by atoms with Crippen molar-refractivity contribution in [2.75, 3.05) is 0 Å². The summed E-state index contributed by atoms with van der Waals surface area (Å²) in [4.78, 5) is 0. The van der Waals surface area contributed by atoms with Crippen molar-refractivity contribution in [1.82, 2.24) is 10.2 Å². The van der Waals surface area contributed by atoms with E-state index in [-0.39, 0.29) is 0 Å². The van der Waals surface area contributed by atoms with Crippen LogP contribution in [-0.4, -0.2) is 17.1 Å². The van der Waals surface area contributed by atoms with E-state index in [9.17, 15) is 0 Å². The molecule has 12 heavy (non-hydrogen) atoms. The van der Waals surface area contributed by atoms with Gasteiger partial charge in [-0.15, -0.1) is 0 Å². The molecule has 0 saturated carbocycles. The maximum absolute atomic E-state index is 4.02. The van der Waals surface area contributed by atoms with E-state index in [0.29, 0.717) is 5.92 Å². The van der Waals surface area contributed by atoms with Gasteiger partial charge in [0, 0.05) is 0 Å². The van der Waals surface area contributed by atoms with Crippen molar-refractivity contribution in [1.29, 1.82) is 0 Å². The number of nitrogens with one attached hydrogen (secondary N) is 1. The molecule has 0 aliphatic heterocycles. The van der Waals surface area contributed by atoms with Gasteiger partial charge >= 0.3 is 71.5 Å². The summed E-state index contributed by atoms with van der Waals surface area (Å²) >= 11 is 0. The van der Waals surface area contributed by atoms with E-state index in [1.807, 2.05) is 12.2 Å². The van der Waals surface area contributed by atoms with Gasteiger partial charge in [0.25, 0.3) is 0 Å². The molecule has 0 unspecified atom stereocenters. The van der Waals surface area contributed by atoms with Crippen molar-refractivity contribution in [3.63, 3.8) is 0 Å². The van der Waals surface area contributed by atoms with Gasteiger partial charge in [0.05, 0.1) is 0 Å². The van der Waals surface area contributed by atoms with Crippen LogP contribution in [0.4, 0.5) is 0 Å². The van der Waals surface area contributed by atoms with Gasteiger partial charge in [-0.05, 0) is 0 Å². The summed E-state index contributed by atoms with van der Waals surface area (Å²) in [5.41, 5.74) is 2.49. The Balaban J connectivity index is 2.73. The van der Waals surface area contributed by atoms with Crippen molar-refractivity contribution < 1.29 is 0 Å². The zero-order valence-corrected chi connectivity index (χ0v) is 7.33. The van der Waals surface area contributed by atoms with E-state index < -0.39 is 0 Å². The molecule has 60 valence electrons. The Kier molecular flexibility index (Phi) is 1.72. The number of fused-ring (bicyclic) bond motifs is 1. The second kappa shape index (κ2) is 2.74. The summed E-state index contributed by atoms with van der Waals surface area (Å²) in [6, 6.07) is 0. The molecule has 0 spiro atoms. The number of aromatic nitrogens is 2. The molecule has 0 aliphatic rings. The molecule has 0 aliphatic carbocycles. The summed E-state index contributed by atoms with van der Waals surface area (Å²) in [5.74, 6) is 4.77. The van der Waals surface area contributed by atoms with Gasteiger partial charge in [0.15, 0.2) is 0 Å². The second-order valence-corrected chi connectivity index (χ2v) is 3.33. The van der Waals surface area contributed by atoms with Crippen molar-refractivity contribution in [2.45, 2.75) is 19.8 Å². The van der Waals surface area contributed by atoms with Gasteiger partial charge in [-0.1, -0.05) is 0 Å². The first-order valence-electron chi connectivity index (χ1n) is 4.21. The SMILES string of the molecule is CC(C)c1cbcc2[nH]ncc12. The Labute approximate surface area is 72.2 Å². The minimum atomic E-state index is 0.561. The van der Waals surface area contributed by atoms with Crippen molar-refractivity contribution in [3.05, 3.63) is 23.7 Å². The van der Waals surface area contributed by atoms with Crippen LogP contribution in [0.25, 0.3) is 10.9 Å². The van der Waals surface area contributed by atoms with E-state index in [2.05, 4.69) is 36.9 Å². The maximum atomic E-state index is 4.02. The topological polar surface area (TPSA) is 28.7 Å². The van der Waals surface area contributed by atoms with Crippen LogP contribution in [0, 0.1) is 0 Å². The molecular weight excluding hydrogens is 147 g/mol. The summed E-state index contributed by atoms with van der Waals surface area (Å²) in [6.45, 7) is 6.46. The molecule has 0 saturated heterocycles. The fraction of sp³-hybridized carbons (Fsp3) is 0.333. The third-order valence-electron chi connectivity index (χ3n) is 2.14. The molecule has 0 bridgehead atoms. The van der Waals surface area contributed by atoms with Crippen LogP contribution in [0.1, 0.15) is 25.3 Å². The van der Waals surface area contributed by atoms with Gasteiger partial charge in [0.1, 0.15) is 0 Å². The monoisotopic (exact) mass is 158 g/mol. The number of hydrogen-bond donors (Lipinski definition) is 1. The molecule has 2 aromatic rings. The first-order chi connectivity index (χ1) is 5.79. The van der Waals surface area contributed by atoms with E-state index in [1.165, 1.54) is 10.9 Å².